The van der Waals surface area contributed by atoms with E-state index in [0.717, 1.165) is 31.3 Å². The van der Waals surface area contributed by atoms with Crippen LogP contribution >= 0.6 is 7.60 Å². The SMILES string of the molecule is CCOP(=O)(O)C(CC/C=C(\C)CC/C=C(\C)CCC=C(C)C)C(=O)O. The highest BCUT2D eigenvalue weighted by molar-refractivity contribution is 7.54. The highest BCUT2D eigenvalue weighted by Gasteiger charge is 2.37. The number of rotatable bonds is 13. The first-order valence-electron chi connectivity index (χ1n) is 9.24. The lowest BCUT2D eigenvalue weighted by Gasteiger charge is -2.17. The van der Waals surface area contributed by atoms with Crippen LogP contribution in [-0.2, 0) is 13.9 Å². The number of carboxylic acid groups (broad SMARTS) is 1. The zero-order chi connectivity index (χ0) is 20.2. The average molecular weight is 386 g/mol. The number of hydrogen-bond donors (Lipinski definition) is 2. The Morgan fingerprint density at radius 1 is 1.00 bits per heavy atom. The molecule has 2 unspecified atom stereocenters. The minimum Gasteiger partial charge on any atom is -0.481 e. The first-order chi connectivity index (χ1) is 12.1. The molecule has 0 fully saturated rings. The van der Waals surface area contributed by atoms with E-state index in [1.165, 1.54) is 11.1 Å². The fourth-order valence-electron chi connectivity index (χ4n) is 2.53. The summed E-state index contributed by atoms with van der Waals surface area (Å²) in [5.41, 5.74) is 2.50. The van der Waals surface area contributed by atoms with E-state index in [1.54, 1.807) is 6.92 Å². The molecule has 5 nitrogen and oxygen atoms in total. The quantitative estimate of drug-likeness (QED) is 0.306. The van der Waals surface area contributed by atoms with E-state index in [9.17, 15) is 14.3 Å². The lowest BCUT2D eigenvalue weighted by molar-refractivity contribution is -0.137. The lowest BCUT2D eigenvalue weighted by Crippen LogP contribution is -2.21. The molecule has 2 atom stereocenters. The Hall–Kier alpha value is -1.16. The molecule has 0 amide bonds. The number of aliphatic carboxylic acids is 1. The highest BCUT2D eigenvalue weighted by atomic mass is 31.2. The Morgan fingerprint density at radius 2 is 1.50 bits per heavy atom. The molecule has 26 heavy (non-hydrogen) atoms. The van der Waals surface area contributed by atoms with Gasteiger partial charge >= 0.3 is 13.6 Å². The fourth-order valence-corrected chi connectivity index (χ4v) is 3.83. The van der Waals surface area contributed by atoms with Crippen LogP contribution in [0.1, 0.15) is 73.1 Å². The summed E-state index contributed by atoms with van der Waals surface area (Å²) in [6.45, 7) is 9.94. The van der Waals surface area contributed by atoms with Gasteiger partial charge in [0.1, 0.15) is 0 Å². The third-order valence-corrected chi connectivity index (χ3v) is 5.94. The van der Waals surface area contributed by atoms with Gasteiger partial charge in [0.05, 0.1) is 6.61 Å². The van der Waals surface area contributed by atoms with Gasteiger partial charge in [0.15, 0.2) is 5.66 Å². The zero-order valence-electron chi connectivity index (χ0n) is 16.8. The molecule has 150 valence electrons. The first kappa shape index (κ1) is 24.8. The lowest BCUT2D eigenvalue weighted by atomic mass is 10.1. The molecule has 0 saturated heterocycles. The van der Waals surface area contributed by atoms with Gasteiger partial charge in [0.2, 0.25) is 0 Å². The molecule has 0 aromatic carbocycles. The molecular formula is C20H35O5P. The third-order valence-electron chi connectivity index (χ3n) is 4.05. The Kier molecular flexibility index (Phi) is 12.5. The number of carbonyl (C=O) groups is 1. The number of carboxylic acids is 1. The van der Waals surface area contributed by atoms with Crippen LogP contribution in [0.5, 0.6) is 0 Å². The van der Waals surface area contributed by atoms with Gasteiger partial charge in [-0.1, -0.05) is 34.9 Å². The normalized spacial score (nSPS) is 16.1. The summed E-state index contributed by atoms with van der Waals surface area (Å²) in [6, 6.07) is 0. The molecule has 0 aliphatic rings. The summed E-state index contributed by atoms with van der Waals surface area (Å²) >= 11 is 0. The van der Waals surface area contributed by atoms with Gasteiger partial charge in [-0.3, -0.25) is 9.36 Å². The second-order valence-electron chi connectivity index (χ2n) is 6.87. The molecule has 0 aromatic heterocycles. The van der Waals surface area contributed by atoms with Crippen LogP contribution in [0, 0.1) is 0 Å². The van der Waals surface area contributed by atoms with E-state index in [-0.39, 0.29) is 13.0 Å². The predicted octanol–water partition coefficient (Wildman–Crippen LogP) is 5.86. The maximum Gasteiger partial charge on any atom is 0.342 e. The Labute approximate surface area is 158 Å². The van der Waals surface area contributed by atoms with Crippen molar-refractivity contribution in [3.63, 3.8) is 0 Å². The monoisotopic (exact) mass is 386 g/mol. The van der Waals surface area contributed by atoms with Crippen molar-refractivity contribution >= 4 is 13.6 Å². The van der Waals surface area contributed by atoms with Crippen LogP contribution in [0.3, 0.4) is 0 Å². The molecule has 0 spiro atoms. The summed E-state index contributed by atoms with van der Waals surface area (Å²) in [6.07, 6.45) is 11.0. The van der Waals surface area contributed by atoms with Crippen molar-refractivity contribution in [2.45, 2.75) is 78.8 Å². The van der Waals surface area contributed by atoms with Gasteiger partial charge in [0, 0.05) is 0 Å². The van der Waals surface area contributed by atoms with Gasteiger partial charge in [0.25, 0.3) is 0 Å². The maximum atomic E-state index is 11.9. The molecule has 0 radical (unpaired) electrons. The number of hydrogen-bond acceptors (Lipinski definition) is 3. The third kappa shape index (κ3) is 11.5. The van der Waals surface area contributed by atoms with Crippen molar-refractivity contribution < 1.29 is 23.9 Å². The Morgan fingerprint density at radius 3 is 1.96 bits per heavy atom. The second kappa shape index (κ2) is 13.1. The van der Waals surface area contributed by atoms with Crippen LogP contribution in [0.2, 0.25) is 0 Å². The molecule has 0 heterocycles. The van der Waals surface area contributed by atoms with Gasteiger partial charge in [-0.25, -0.2) is 0 Å². The van der Waals surface area contributed by atoms with Crippen molar-refractivity contribution in [1.29, 1.82) is 0 Å². The molecule has 0 aliphatic carbocycles. The van der Waals surface area contributed by atoms with E-state index in [1.807, 2.05) is 13.0 Å². The van der Waals surface area contributed by atoms with E-state index in [2.05, 4.69) is 32.9 Å². The first-order valence-corrected chi connectivity index (χ1v) is 10.9. The van der Waals surface area contributed by atoms with Crippen molar-refractivity contribution in [1.82, 2.24) is 0 Å². The summed E-state index contributed by atoms with van der Waals surface area (Å²) in [5.74, 6) is -1.29. The van der Waals surface area contributed by atoms with Crippen molar-refractivity contribution in [2.24, 2.45) is 0 Å². The predicted molar refractivity (Wildman–Crippen MR) is 108 cm³/mol. The zero-order valence-corrected chi connectivity index (χ0v) is 17.7. The van der Waals surface area contributed by atoms with Crippen LogP contribution < -0.4 is 0 Å². The van der Waals surface area contributed by atoms with E-state index in [0.29, 0.717) is 6.42 Å². The van der Waals surface area contributed by atoms with Crippen LogP contribution in [0.15, 0.2) is 34.9 Å². The van der Waals surface area contributed by atoms with Gasteiger partial charge in [-0.15, -0.1) is 0 Å². The molecule has 0 saturated carbocycles. The van der Waals surface area contributed by atoms with Gasteiger partial charge in [-0.05, 0) is 73.1 Å². The maximum absolute atomic E-state index is 11.9. The molecule has 0 bridgehead atoms. The summed E-state index contributed by atoms with van der Waals surface area (Å²) in [4.78, 5) is 21.0. The van der Waals surface area contributed by atoms with Crippen LogP contribution in [0.25, 0.3) is 0 Å². The highest BCUT2D eigenvalue weighted by Crippen LogP contribution is 2.49. The molecule has 0 aliphatic heterocycles. The minimum atomic E-state index is -4.11. The van der Waals surface area contributed by atoms with E-state index >= 15 is 0 Å². The molecule has 6 heteroatoms. The topological polar surface area (TPSA) is 83.8 Å². The van der Waals surface area contributed by atoms with Gasteiger partial charge in [-0.2, -0.15) is 0 Å². The largest absolute Gasteiger partial charge is 0.481 e. The van der Waals surface area contributed by atoms with Crippen molar-refractivity contribution in [3.05, 3.63) is 34.9 Å². The molecule has 0 rings (SSSR count). The van der Waals surface area contributed by atoms with Crippen LogP contribution in [-0.4, -0.2) is 28.2 Å². The van der Waals surface area contributed by atoms with E-state index < -0.39 is 19.2 Å². The fraction of sp³-hybridized carbons (Fsp3) is 0.650. The summed E-state index contributed by atoms with van der Waals surface area (Å²) in [5, 5.41) is 9.16. The number of allylic oxidation sites excluding steroid dienone is 6. The van der Waals surface area contributed by atoms with Gasteiger partial charge < -0.3 is 14.5 Å². The molecule has 0 aromatic rings. The molecular weight excluding hydrogens is 351 g/mol. The van der Waals surface area contributed by atoms with Crippen LogP contribution in [0.4, 0.5) is 0 Å². The molecule has 2 N–H and O–H groups in total. The minimum absolute atomic E-state index is 0.0196. The summed E-state index contributed by atoms with van der Waals surface area (Å²) < 4.78 is 16.7. The second-order valence-corrected chi connectivity index (χ2v) is 8.88. The van der Waals surface area contributed by atoms with Crippen molar-refractivity contribution in [3.8, 4) is 0 Å². The van der Waals surface area contributed by atoms with E-state index in [4.69, 9.17) is 9.63 Å². The Balaban J connectivity index is 4.41. The summed E-state index contributed by atoms with van der Waals surface area (Å²) in [7, 11) is -4.11. The van der Waals surface area contributed by atoms with Crippen molar-refractivity contribution in [2.75, 3.05) is 6.61 Å². The Bertz CT molecular complexity index is 571. The smallest absolute Gasteiger partial charge is 0.342 e. The standard InChI is InChI=1S/C20H35O5P/c1-6-25-26(23,24)19(20(21)22)15-9-14-18(5)13-8-12-17(4)11-7-10-16(2)3/h10,12,14,19H,6-9,11,13,15H2,1-5H3,(H,21,22)(H,23,24)/b17-12+,18-14+. The average Bonchev–Trinajstić information content (AvgIpc) is 2.50.